The van der Waals surface area contributed by atoms with Gasteiger partial charge in [0.2, 0.25) is 0 Å². The van der Waals surface area contributed by atoms with E-state index in [2.05, 4.69) is 16.8 Å². The van der Waals surface area contributed by atoms with Gasteiger partial charge in [0, 0.05) is 5.57 Å². The van der Waals surface area contributed by atoms with Crippen LogP contribution in [0.3, 0.4) is 0 Å². The van der Waals surface area contributed by atoms with Gasteiger partial charge in [0.05, 0.1) is 31.1 Å². The predicted molar refractivity (Wildman–Crippen MR) is 79.0 cm³/mol. The third-order valence-electron chi connectivity index (χ3n) is 2.77. The fourth-order valence-electron chi connectivity index (χ4n) is 1.78. The van der Waals surface area contributed by atoms with Gasteiger partial charge in [-0.2, -0.15) is 0 Å². The summed E-state index contributed by atoms with van der Waals surface area (Å²) < 4.78 is 15.8. The largest absolute Gasteiger partial charge is 0.493 e. The molecule has 0 aromatic heterocycles. The maximum Gasteiger partial charge on any atom is 0.333 e. The molecule has 1 aromatic carbocycles. The van der Waals surface area contributed by atoms with Gasteiger partial charge in [-0.3, -0.25) is 0 Å². The first kappa shape index (κ1) is 16.3. The van der Waals surface area contributed by atoms with Gasteiger partial charge in [0.15, 0.2) is 11.5 Å². The van der Waals surface area contributed by atoms with Crippen molar-refractivity contribution in [3.63, 3.8) is 0 Å². The van der Waals surface area contributed by atoms with Crippen molar-refractivity contribution < 1.29 is 19.0 Å². The number of carbonyl (C=O) groups is 1. The summed E-state index contributed by atoms with van der Waals surface area (Å²) in [6, 6.07) is 3.87. The van der Waals surface area contributed by atoms with Crippen LogP contribution in [0.4, 0.5) is 0 Å². The number of carbonyl (C=O) groups excluding carboxylic acids is 1. The molecule has 3 radical (unpaired) electrons. The van der Waals surface area contributed by atoms with E-state index in [1.54, 1.807) is 21.1 Å². The van der Waals surface area contributed by atoms with E-state index in [4.69, 9.17) is 14.2 Å². The highest BCUT2D eigenvalue weighted by Crippen LogP contribution is 2.29. The van der Waals surface area contributed by atoms with Crippen LogP contribution in [0.15, 0.2) is 24.3 Å². The number of aryl methyl sites for hydroxylation is 1. The molecule has 1 rings (SSSR count). The Labute approximate surface area is 123 Å². The third-order valence-corrected chi connectivity index (χ3v) is 3.17. The second-order valence-corrected chi connectivity index (χ2v) is 4.90. The van der Waals surface area contributed by atoms with E-state index >= 15 is 0 Å². The number of methoxy groups -OCH3 is 2. The highest BCUT2D eigenvalue weighted by atomic mass is 28.1. The van der Waals surface area contributed by atoms with Crippen LogP contribution in [0.5, 0.6) is 11.5 Å². The molecule has 0 aliphatic heterocycles. The molecule has 0 N–H and O–H groups in total. The lowest BCUT2D eigenvalue weighted by Gasteiger charge is -2.15. The van der Waals surface area contributed by atoms with Gasteiger partial charge in [0.1, 0.15) is 0 Å². The molecule has 0 spiro atoms. The Kier molecular flexibility index (Phi) is 6.31. The van der Waals surface area contributed by atoms with Gasteiger partial charge >= 0.3 is 5.97 Å². The van der Waals surface area contributed by atoms with Crippen molar-refractivity contribution in [2.75, 3.05) is 20.8 Å². The third kappa shape index (κ3) is 4.13. The summed E-state index contributed by atoms with van der Waals surface area (Å²) in [6.45, 7) is 5.52. The van der Waals surface area contributed by atoms with E-state index in [1.165, 1.54) is 0 Å². The van der Waals surface area contributed by atoms with Gasteiger partial charge in [-0.1, -0.05) is 18.7 Å². The highest BCUT2D eigenvalue weighted by Gasteiger charge is 2.12. The Bertz CT molecular complexity index is 497. The molecule has 0 aliphatic rings. The summed E-state index contributed by atoms with van der Waals surface area (Å²) in [7, 11) is 6.67. The first-order chi connectivity index (χ1) is 9.51. The van der Waals surface area contributed by atoms with Crippen molar-refractivity contribution >= 4 is 21.4 Å². The zero-order valence-corrected chi connectivity index (χ0v) is 13.1. The lowest BCUT2D eigenvalue weighted by Crippen LogP contribution is -2.11. The topological polar surface area (TPSA) is 44.8 Å². The van der Waals surface area contributed by atoms with Crippen LogP contribution < -0.4 is 14.7 Å². The van der Waals surface area contributed by atoms with Gasteiger partial charge in [-0.25, -0.2) is 4.79 Å². The molecule has 4 nitrogen and oxygen atoms in total. The quantitative estimate of drug-likeness (QED) is 0.331. The first-order valence-electron chi connectivity index (χ1n) is 6.29. The van der Waals surface area contributed by atoms with Crippen LogP contribution >= 0.6 is 0 Å². The van der Waals surface area contributed by atoms with Crippen molar-refractivity contribution in [2.24, 2.45) is 0 Å². The Morgan fingerprint density at radius 1 is 1.25 bits per heavy atom. The Hall–Kier alpha value is -1.75. The second kappa shape index (κ2) is 7.74. The van der Waals surface area contributed by atoms with Crippen molar-refractivity contribution in [3.05, 3.63) is 29.8 Å². The molecule has 0 aliphatic carbocycles. The second-order valence-electron chi connectivity index (χ2n) is 4.36. The smallest absolute Gasteiger partial charge is 0.333 e. The fraction of sp³-hybridized carbons (Fsp3) is 0.400. The monoisotopic (exact) mass is 291 g/mol. The van der Waals surface area contributed by atoms with Crippen LogP contribution in [0, 0.1) is 0 Å². The summed E-state index contributed by atoms with van der Waals surface area (Å²) in [6.07, 6.45) is 1.44. The van der Waals surface area contributed by atoms with Crippen LogP contribution in [-0.4, -0.2) is 37.0 Å². The van der Waals surface area contributed by atoms with Crippen molar-refractivity contribution in [3.8, 4) is 11.5 Å². The molecule has 0 saturated carbocycles. The average Bonchev–Trinajstić information content (AvgIpc) is 2.43. The fourth-order valence-corrected chi connectivity index (χ4v) is 2.08. The van der Waals surface area contributed by atoms with E-state index in [-0.39, 0.29) is 5.97 Å². The number of rotatable bonds is 7. The zero-order chi connectivity index (χ0) is 15.1. The molecular formula is C15H19O4Si. The molecule has 0 fully saturated rings. The Balaban J connectivity index is 2.64. The minimum Gasteiger partial charge on any atom is -0.493 e. The van der Waals surface area contributed by atoms with Crippen LogP contribution in [0.25, 0.3) is 0 Å². The highest BCUT2D eigenvalue weighted by molar-refractivity contribution is 6.34. The Morgan fingerprint density at radius 3 is 2.45 bits per heavy atom. The SMILES string of the molecule is C=C(C)C(=O)OCCCc1ccc([Si])c(OC)c1OC. The van der Waals surface area contributed by atoms with Crippen LogP contribution in [0.2, 0.25) is 0 Å². The molecular weight excluding hydrogens is 272 g/mol. The van der Waals surface area contributed by atoms with Crippen molar-refractivity contribution in [1.82, 2.24) is 0 Å². The molecule has 0 saturated heterocycles. The molecule has 0 amide bonds. The lowest BCUT2D eigenvalue weighted by atomic mass is 10.1. The van der Waals surface area contributed by atoms with E-state index in [9.17, 15) is 4.79 Å². The molecule has 20 heavy (non-hydrogen) atoms. The van der Waals surface area contributed by atoms with Gasteiger partial charge in [0.25, 0.3) is 0 Å². The minimum absolute atomic E-state index is 0.354. The van der Waals surface area contributed by atoms with Crippen molar-refractivity contribution in [1.29, 1.82) is 0 Å². The summed E-state index contributed by atoms with van der Waals surface area (Å²) in [5, 5.41) is 0.835. The van der Waals surface area contributed by atoms with Gasteiger partial charge < -0.3 is 14.2 Å². The molecule has 0 atom stereocenters. The number of esters is 1. The van der Waals surface area contributed by atoms with Crippen molar-refractivity contribution in [2.45, 2.75) is 19.8 Å². The average molecular weight is 291 g/mol. The summed E-state index contributed by atoms with van der Waals surface area (Å²) in [5.74, 6) is 1.01. The number of hydrogen-bond acceptors (Lipinski definition) is 4. The van der Waals surface area contributed by atoms with Gasteiger partial charge in [-0.05, 0) is 30.5 Å². The summed E-state index contributed by atoms with van der Waals surface area (Å²) in [4.78, 5) is 11.2. The molecule has 5 heteroatoms. The van der Waals surface area contributed by atoms with E-state index in [0.29, 0.717) is 30.1 Å². The standard InChI is InChI=1S/C15H19O4Si/c1-10(2)15(16)19-9-5-6-11-7-8-12(20)14(18-4)13(11)17-3/h7-8H,1,5-6,9H2,2-4H3. The normalized spacial score (nSPS) is 10.0. The molecule has 0 heterocycles. The maximum atomic E-state index is 11.2. The number of benzene rings is 1. The molecule has 0 bridgehead atoms. The van der Waals surface area contributed by atoms with Gasteiger partial charge in [-0.15, -0.1) is 0 Å². The lowest BCUT2D eigenvalue weighted by molar-refractivity contribution is -0.139. The molecule has 0 unspecified atom stereocenters. The van der Waals surface area contributed by atoms with Crippen LogP contribution in [0.1, 0.15) is 18.9 Å². The summed E-state index contributed by atoms with van der Waals surface area (Å²) >= 11 is 0. The predicted octanol–water partition coefficient (Wildman–Crippen LogP) is 1.55. The first-order valence-corrected chi connectivity index (χ1v) is 6.79. The summed E-state index contributed by atoms with van der Waals surface area (Å²) in [5.41, 5.74) is 1.42. The maximum absolute atomic E-state index is 11.2. The minimum atomic E-state index is -0.356. The van der Waals surface area contributed by atoms with E-state index in [0.717, 1.165) is 17.2 Å². The molecule has 107 valence electrons. The van der Waals surface area contributed by atoms with E-state index in [1.807, 2.05) is 12.1 Å². The zero-order valence-electron chi connectivity index (χ0n) is 12.1. The number of hydrogen-bond donors (Lipinski definition) is 0. The number of ether oxygens (including phenoxy) is 3. The molecule has 1 aromatic rings. The Morgan fingerprint density at radius 2 is 1.90 bits per heavy atom. The van der Waals surface area contributed by atoms with E-state index < -0.39 is 0 Å². The van der Waals surface area contributed by atoms with Crippen LogP contribution in [-0.2, 0) is 16.0 Å².